The Labute approximate surface area is 215 Å². The zero-order valence-corrected chi connectivity index (χ0v) is 21.8. The second-order valence-corrected chi connectivity index (χ2v) is 9.39. The van der Waals surface area contributed by atoms with E-state index in [9.17, 15) is 4.79 Å². The van der Waals surface area contributed by atoms with E-state index >= 15 is 0 Å². The highest BCUT2D eigenvalue weighted by molar-refractivity contribution is 9.10. The van der Waals surface area contributed by atoms with E-state index in [1.165, 1.54) is 24.4 Å². The molecule has 2 N–H and O–H groups in total. The standard InChI is InChI=1S/C24H22BrN5O2S2/c1-3-19-27-28-24(34-14-15-9-5-4-6-10-15)30(19)29-23(33)26-22(31)18-13-16-11-7-8-12-17(16)20(25)21(18)32-2/h4-13H,3,14H2,1-2H3,(H2,26,29,31,33). The van der Waals surface area contributed by atoms with E-state index < -0.39 is 0 Å². The summed E-state index contributed by atoms with van der Waals surface area (Å²) in [5.41, 5.74) is 4.60. The minimum absolute atomic E-state index is 0.132. The maximum Gasteiger partial charge on any atom is 0.261 e. The number of carbonyl (C=O) groups excluding carboxylic acids is 1. The number of aryl methyl sites for hydroxylation is 1. The number of methoxy groups -OCH3 is 1. The largest absolute Gasteiger partial charge is 0.495 e. The van der Waals surface area contributed by atoms with Crippen LogP contribution in [-0.4, -0.2) is 33.0 Å². The van der Waals surface area contributed by atoms with Crippen LogP contribution < -0.4 is 15.5 Å². The van der Waals surface area contributed by atoms with E-state index in [-0.39, 0.29) is 11.0 Å². The summed E-state index contributed by atoms with van der Waals surface area (Å²) in [7, 11) is 1.53. The number of hydrogen-bond acceptors (Lipinski definition) is 6. The van der Waals surface area contributed by atoms with Crippen LogP contribution in [0.5, 0.6) is 5.75 Å². The third kappa shape index (κ3) is 5.24. The van der Waals surface area contributed by atoms with Gasteiger partial charge < -0.3 is 4.74 Å². The molecule has 0 saturated carbocycles. The van der Waals surface area contributed by atoms with E-state index in [0.717, 1.165) is 16.5 Å². The van der Waals surface area contributed by atoms with E-state index in [4.69, 9.17) is 17.0 Å². The van der Waals surface area contributed by atoms with Gasteiger partial charge in [0.15, 0.2) is 10.9 Å². The molecule has 0 unspecified atom stereocenters. The molecule has 0 aliphatic heterocycles. The number of aromatic nitrogens is 3. The fraction of sp³-hybridized carbons (Fsp3) is 0.167. The Balaban J connectivity index is 1.52. The SMILES string of the molecule is CCc1nnc(SCc2ccccc2)n1NC(=S)NC(=O)c1cc2ccccc2c(Br)c1OC. The summed E-state index contributed by atoms with van der Waals surface area (Å²) in [6.07, 6.45) is 0.647. The number of nitrogens with zero attached hydrogens (tertiary/aromatic N) is 3. The number of ether oxygens (including phenoxy) is 1. The van der Waals surface area contributed by atoms with Crippen molar-refractivity contribution in [2.24, 2.45) is 0 Å². The number of halogens is 1. The predicted octanol–water partition coefficient (Wildman–Crippen LogP) is 5.32. The molecule has 1 amide bonds. The van der Waals surface area contributed by atoms with Crippen molar-refractivity contribution in [2.45, 2.75) is 24.3 Å². The molecule has 3 aromatic carbocycles. The van der Waals surface area contributed by atoms with Gasteiger partial charge in [-0.3, -0.25) is 15.5 Å². The molecular weight excluding hydrogens is 534 g/mol. The van der Waals surface area contributed by atoms with E-state index in [1.54, 1.807) is 10.7 Å². The molecule has 0 bridgehead atoms. The molecule has 1 aromatic heterocycles. The summed E-state index contributed by atoms with van der Waals surface area (Å²) in [5.74, 6) is 1.49. The molecule has 0 aliphatic carbocycles. The summed E-state index contributed by atoms with van der Waals surface area (Å²) in [4.78, 5) is 13.1. The molecule has 34 heavy (non-hydrogen) atoms. The minimum atomic E-state index is -0.384. The summed E-state index contributed by atoms with van der Waals surface area (Å²) >= 11 is 10.5. The van der Waals surface area contributed by atoms with E-state index in [0.29, 0.717) is 33.2 Å². The number of carbonyl (C=O) groups is 1. The lowest BCUT2D eigenvalue weighted by atomic mass is 10.1. The highest BCUT2D eigenvalue weighted by Crippen LogP contribution is 2.36. The monoisotopic (exact) mass is 555 g/mol. The Morgan fingerprint density at radius 2 is 1.88 bits per heavy atom. The van der Waals surface area contributed by atoms with Crippen LogP contribution in [0.4, 0.5) is 0 Å². The molecule has 0 fully saturated rings. The number of hydrogen-bond donors (Lipinski definition) is 2. The normalized spacial score (nSPS) is 10.8. The van der Waals surface area contributed by atoms with Crippen molar-refractivity contribution in [3.63, 3.8) is 0 Å². The van der Waals surface area contributed by atoms with Crippen molar-refractivity contribution in [1.29, 1.82) is 0 Å². The lowest BCUT2D eigenvalue weighted by Gasteiger charge is -2.16. The summed E-state index contributed by atoms with van der Waals surface area (Å²) in [6, 6.07) is 19.6. The number of benzene rings is 3. The maximum atomic E-state index is 13.1. The topological polar surface area (TPSA) is 81.1 Å². The third-order valence-electron chi connectivity index (χ3n) is 5.06. The number of thioether (sulfide) groups is 1. The molecule has 4 aromatic rings. The molecule has 7 nitrogen and oxygen atoms in total. The zero-order chi connectivity index (χ0) is 24.1. The quantitative estimate of drug-likeness (QED) is 0.236. The highest BCUT2D eigenvalue weighted by atomic mass is 79.9. The van der Waals surface area contributed by atoms with Crippen molar-refractivity contribution in [2.75, 3.05) is 12.5 Å². The first-order valence-electron chi connectivity index (χ1n) is 10.5. The van der Waals surface area contributed by atoms with Crippen LogP contribution in [0.2, 0.25) is 0 Å². The van der Waals surface area contributed by atoms with Gasteiger partial charge in [-0.05, 0) is 50.6 Å². The van der Waals surface area contributed by atoms with Gasteiger partial charge in [-0.1, -0.05) is 73.3 Å². The van der Waals surface area contributed by atoms with Crippen molar-refractivity contribution in [3.05, 3.63) is 82.1 Å². The maximum absolute atomic E-state index is 13.1. The smallest absolute Gasteiger partial charge is 0.261 e. The molecular formula is C24H22BrN5O2S2. The predicted molar refractivity (Wildman–Crippen MR) is 143 cm³/mol. The first-order valence-corrected chi connectivity index (χ1v) is 12.7. The van der Waals surface area contributed by atoms with Gasteiger partial charge in [0.1, 0.15) is 5.75 Å². The van der Waals surface area contributed by atoms with Gasteiger partial charge in [0.05, 0.1) is 17.1 Å². The van der Waals surface area contributed by atoms with Crippen LogP contribution in [0.1, 0.15) is 28.7 Å². The molecule has 4 rings (SSSR count). The fourth-order valence-electron chi connectivity index (χ4n) is 3.41. The van der Waals surface area contributed by atoms with Gasteiger partial charge in [0, 0.05) is 12.2 Å². The highest BCUT2D eigenvalue weighted by Gasteiger charge is 2.20. The Morgan fingerprint density at radius 3 is 2.62 bits per heavy atom. The van der Waals surface area contributed by atoms with Crippen LogP contribution in [0.3, 0.4) is 0 Å². The molecule has 1 heterocycles. The second kappa shape index (κ2) is 11.0. The van der Waals surface area contributed by atoms with Gasteiger partial charge in [-0.2, -0.15) is 0 Å². The van der Waals surface area contributed by atoms with Crippen molar-refractivity contribution in [3.8, 4) is 5.75 Å². The number of rotatable bonds is 7. The van der Waals surface area contributed by atoms with Crippen LogP contribution in [0.15, 0.2) is 70.3 Å². The van der Waals surface area contributed by atoms with Gasteiger partial charge in [0.25, 0.3) is 5.91 Å². The second-order valence-electron chi connectivity index (χ2n) is 7.25. The number of nitrogens with one attached hydrogen (secondary N) is 2. The fourth-order valence-corrected chi connectivity index (χ4v) is 5.20. The molecule has 174 valence electrons. The first kappa shape index (κ1) is 24.2. The van der Waals surface area contributed by atoms with E-state index in [2.05, 4.69) is 49.0 Å². The molecule has 0 radical (unpaired) electrons. The van der Waals surface area contributed by atoms with Crippen LogP contribution in [0, 0.1) is 0 Å². The molecule has 0 aliphatic rings. The lowest BCUT2D eigenvalue weighted by Crippen LogP contribution is -2.39. The molecule has 10 heteroatoms. The van der Waals surface area contributed by atoms with Gasteiger partial charge in [-0.25, -0.2) is 4.68 Å². The average Bonchev–Trinajstić information content (AvgIpc) is 3.24. The lowest BCUT2D eigenvalue weighted by molar-refractivity contribution is 0.0974. The third-order valence-corrected chi connectivity index (χ3v) is 7.04. The summed E-state index contributed by atoms with van der Waals surface area (Å²) in [6.45, 7) is 1.98. The number of amides is 1. The Morgan fingerprint density at radius 1 is 1.15 bits per heavy atom. The van der Waals surface area contributed by atoms with Crippen LogP contribution >= 0.6 is 39.9 Å². The van der Waals surface area contributed by atoms with Gasteiger partial charge in [-0.15, -0.1) is 10.2 Å². The van der Waals surface area contributed by atoms with Crippen molar-refractivity contribution >= 4 is 61.7 Å². The molecule has 0 saturated heterocycles. The summed E-state index contributed by atoms with van der Waals surface area (Å²) < 4.78 is 7.95. The first-order chi connectivity index (χ1) is 16.5. The molecule has 0 atom stereocenters. The Hall–Kier alpha value is -2.95. The molecule has 0 spiro atoms. The van der Waals surface area contributed by atoms with Gasteiger partial charge >= 0.3 is 0 Å². The van der Waals surface area contributed by atoms with Gasteiger partial charge in [0.2, 0.25) is 5.16 Å². The van der Waals surface area contributed by atoms with E-state index in [1.807, 2.05) is 49.4 Å². The minimum Gasteiger partial charge on any atom is -0.495 e. The Kier molecular flexibility index (Phi) is 7.81. The number of fused-ring (bicyclic) bond motifs is 1. The van der Waals surface area contributed by atoms with Crippen molar-refractivity contribution < 1.29 is 9.53 Å². The average molecular weight is 557 g/mol. The Bertz CT molecular complexity index is 1340. The zero-order valence-electron chi connectivity index (χ0n) is 18.5. The van der Waals surface area contributed by atoms with Crippen molar-refractivity contribution in [1.82, 2.24) is 20.2 Å². The summed E-state index contributed by atoms with van der Waals surface area (Å²) in [5, 5.41) is 13.9. The van der Waals surface area contributed by atoms with Crippen LogP contribution in [-0.2, 0) is 12.2 Å². The van der Waals surface area contributed by atoms with Crippen LogP contribution in [0.25, 0.3) is 10.8 Å². The number of thiocarbonyl (C=S) groups is 1.